The number of rotatable bonds is 7. The van der Waals surface area contributed by atoms with Gasteiger partial charge in [0.05, 0.1) is 4.92 Å². The van der Waals surface area contributed by atoms with E-state index in [4.69, 9.17) is 5.73 Å². The van der Waals surface area contributed by atoms with Crippen LogP contribution >= 0.6 is 0 Å². The number of hydrogen-bond acceptors (Lipinski definition) is 4. The molecule has 0 heterocycles. The summed E-state index contributed by atoms with van der Waals surface area (Å²) in [5.74, 6) is -0.0750. The lowest BCUT2D eigenvalue weighted by Gasteiger charge is -2.08. The van der Waals surface area contributed by atoms with Crippen LogP contribution < -0.4 is 11.1 Å². The molecule has 0 saturated heterocycles. The average molecular weight is 265 g/mol. The number of amides is 1. The summed E-state index contributed by atoms with van der Waals surface area (Å²) in [6.45, 7) is 2.38. The number of nitro benzene ring substituents is 1. The summed E-state index contributed by atoms with van der Waals surface area (Å²) in [7, 11) is 0. The minimum absolute atomic E-state index is 0.0263. The second-order valence-electron chi connectivity index (χ2n) is 4.40. The molecule has 1 aromatic rings. The number of benzene rings is 1. The van der Waals surface area contributed by atoms with Crippen LogP contribution in [0.5, 0.6) is 0 Å². The third-order valence-corrected chi connectivity index (χ3v) is 2.80. The molecule has 6 heteroatoms. The van der Waals surface area contributed by atoms with Gasteiger partial charge in [-0.3, -0.25) is 14.9 Å². The highest BCUT2D eigenvalue weighted by Gasteiger charge is 2.09. The zero-order chi connectivity index (χ0) is 14.3. The number of carbonyl (C=O) groups is 1. The predicted octanol–water partition coefficient (Wildman–Crippen LogP) is 2.36. The van der Waals surface area contributed by atoms with Gasteiger partial charge < -0.3 is 11.1 Å². The second-order valence-corrected chi connectivity index (χ2v) is 4.40. The van der Waals surface area contributed by atoms with Crippen LogP contribution in [-0.2, 0) is 4.79 Å². The van der Waals surface area contributed by atoms with E-state index in [1.807, 2.05) is 0 Å². The van der Waals surface area contributed by atoms with Crippen molar-refractivity contribution in [2.45, 2.75) is 32.6 Å². The van der Waals surface area contributed by atoms with E-state index in [0.29, 0.717) is 24.2 Å². The Labute approximate surface area is 112 Å². The van der Waals surface area contributed by atoms with Gasteiger partial charge in [-0.15, -0.1) is 0 Å². The maximum atomic E-state index is 11.7. The highest BCUT2D eigenvalue weighted by molar-refractivity contribution is 5.91. The lowest BCUT2D eigenvalue weighted by molar-refractivity contribution is -0.384. The van der Waals surface area contributed by atoms with Crippen LogP contribution in [0, 0.1) is 17.0 Å². The third-order valence-electron chi connectivity index (χ3n) is 2.80. The van der Waals surface area contributed by atoms with Crippen LogP contribution in [0.3, 0.4) is 0 Å². The maximum absolute atomic E-state index is 11.7. The van der Waals surface area contributed by atoms with Gasteiger partial charge in [-0.05, 0) is 37.9 Å². The third kappa shape index (κ3) is 5.05. The molecule has 0 bridgehead atoms. The molecule has 6 nitrogen and oxygen atoms in total. The first kappa shape index (κ1) is 15.1. The lowest BCUT2D eigenvalue weighted by Crippen LogP contribution is -2.12. The first-order chi connectivity index (χ1) is 9.04. The molecular formula is C13H19N3O3. The minimum atomic E-state index is -0.453. The van der Waals surface area contributed by atoms with Crippen molar-refractivity contribution in [1.82, 2.24) is 0 Å². The van der Waals surface area contributed by atoms with E-state index >= 15 is 0 Å². The molecule has 19 heavy (non-hydrogen) atoms. The molecule has 0 radical (unpaired) electrons. The standard InChI is InChI=1S/C13H19N3O3/c1-10-9-11(16(18)19)6-7-12(10)15-13(17)5-3-2-4-8-14/h6-7,9H,2-5,8,14H2,1H3,(H,15,17). The van der Waals surface area contributed by atoms with Crippen LogP contribution in [0.2, 0.25) is 0 Å². The van der Waals surface area contributed by atoms with E-state index in [0.717, 1.165) is 19.3 Å². The van der Waals surface area contributed by atoms with Crippen molar-refractivity contribution >= 4 is 17.3 Å². The van der Waals surface area contributed by atoms with Crippen molar-refractivity contribution in [2.75, 3.05) is 11.9 Å². The molecule has 0 spiro atoms. The second kappa shape index (κ2) is 7.48. The summed E-state index contributed by atoms with van der Waals surface area (Å²) in [6, 6.07) is 4.40. The van der Waals surface area contributed by atoms with E-state index in [1.165, 1.54) is 12.1 Å². The lowest BCUT2D eigenvalue weighted by atomic mass is 10.1. The van der Waals surface area contributed by atoms with E-state index in [1.54, 1.807) is 13.0 Å². The number of nitrogens with zero attached hydrogens (tertiary/aromatic N) is 1. The number of carbonyl (C=O) groups excluding carboxylic acids is 1. The SMILES string of the molecule is Cc1cc([N+](=O)[O-])ccc1NC(=O)CCCCCN. The molecule has 0 aromatic heterocycles. The van der Waals surface area contributed by atoms with E-state index < -0.39 is 4.92 Å². The normalized spacial score (nSPS) is 10.2. The van der Waals surface area contributed by atoms with E-state index in [-0.39, 0.29) is 11.6 Å². The van der Waals surface area contributed by atoms with Gasteiger partial charge in [-0.2, -0.15) is 0 Å². The monoisotopic (exact) mass is 265 g/mol. The molecule has 0 aliphatic heterocycles. The fourth-order valence-corrected chi connectivity index (χ4v) is 1.72. The van der Waals surface area contributed by atoms with Crippen LogP contribution in [0.25, 0.3) is 0 Å². The number of nitrogens with two attached hydrogens (primary N) is 1. The van der Waals surface area contributed by atoms with Gasteiger partial charge in [0.2, 0.25) is 5.91 Å². The largest absolute Gasteiger partial charge is 0.330 e. The molecule has 1 amide bonds. The summed E-state index contributed by atoms with van der Waals surface area (Å²) in [5, 5.41) is 13.4. The highest BCUT2D eigenvalue weighted by atomic mass is 16.6. The molecule has 0 aliphatic carbocycles. The average Bonchev–Trinajstić information content (AvgIpc) is 2.37. The molecular weight excluding hydrogens is 246 g/mol. The van der Waals surface area contributed by atoms with Crippen molar-refractivity contribution in [2.24, 2.45) is 5.73 Å². The van der Waals surface area contributed by atoms with E-state index in [2.05, 4.69) is 5.32 Å². The fourth-order valence-electron chi connectivity index (χ4n) is 1.72. The van der Waals surface area contributed by atoms with Gasteiger partial charge in [-0.1, -0.05) is 6.42 Å². The van der Waals surface area contributed by atoms with Crippen molar-refractivity contribution in [1.29, 1.82) is 0 Å². The molecule has 0 atom stereocenters. The Morgan fingerprint density at radius 2 is 2.11 bits per heavy atom. The number of nitro groups is 1. The highest BCUT2D eigenvalue weighted by Crippen LogP contribution is 2.21. The van der Waals surface area contributed by atoms with Gasteiger partial charge in [0.25, 0.3) is 5.69 Å². The summed E-state index contributed by atoms with van der Waals surface area (Å²) in [4.78, 5) is 21.8. The van der Waals surface area contributed by atoms with Crippen LogP contribution in [-0.4, -0.2) is 17.4 Å². The number of nitrogens with one attached hydrogen (secondary N) is 1. The molecule has 104 valence electrons. The van der Waals surface area contributed by atoms with Crippen molar-refractivity contribution < 1.29 is 9.72 Å². The Kier molecular flexibility index (Phi) is 5.95. The van der Waals surface area contributed by atoms with Crippen LogP contribution in [0.1, 0.15) is 31.2 Å². The van der Waals surface area contributed by atoms with Gasteiger partial charge in [0, 0.05) is 24.2 Å². The Hall–Kier alpha value is -1.95. The zero-order valence-electron chi connectivity index (χ0n) is 11.0. The first-order valence-electron chi connectivity index (χ1n) is 6.29. The van der Waals surface area contributed by atoms with Gasteiger partial charge in [-0.25, -0.2) is 0 Å². The number of hydrogen-bond donors (Lipinski definition) is 2. The zero-order valence-corrected chi connectivity index (χ0v) is 11.0. The van der Waals surface area contributed by atoms with Gasteiger partial charge >= 0.3 is 0 Å². The van der Waals surface area contributed by atoms with E-state index in [9.17, 15) is 14.9 Å². The molecule has 0 fully saturated rings. The maximum Gasteiger partial charge on any atom is 0.269 e. The Bertz CT molecular complexity index is 460. The number of anilines is 1. The Morgan fingerprint density at radius 1 is 1.37 bits per heavy atom. The molecule has 0 unspecified atom stereocenters. The molecule has 1 aromatic carbocycles. The van der Waals surface area contributed by atoms with Gasteiger partial charge in [0.1, 0.15) is 0 Å². The Morgan fingerprint density at radius 3 is 2.68 bits per heavy atom. The molecule has 0 saturated carbocycles. The number of aryl methyl sites for hydroxylation is 1. The number of unbranched alkanes of at least 4 members (excludes halogenated alkanes) is 2. The summed E-state index contributed by atoms with van der Waals surface area (Å²) in [6.07, 6.45) is 3.10. The smallest absolute Gasteiger partial charge is 0.269 e. The van der Waals surface area contributed by atoms with Gasteiger partial charge in [0.15, 0.2) is 0 Å². The quantitative estimate of drug-likeness (QED) is 0.449. The predicted molar refractivity (Wildman–Crippen MR) is 74.0 cm³/mol. The van der Waals surface area contributed by atoms with Crippen LogP contribution in [0.15, 0.2) is 18.2 Å². The van der Waals surface area contributed by atoms with Crippen LogP contribution in [0.4, 0.5) is 11.4 Å². The van der Waals surface area contributed by atoms with Crippen molar-refractivity contribution in [3.8, 4) is 0 Å². The first-order valence-corrected chi connectivity index (χ1v) is 6.29. The topological polar surface area (TPSA) is 98.3 Å². The summed E-state index contributed by atoms with van der Waals surface area (Å²) in [5.41, 5.74) is 6.70. The molecule has 1 rings (SSSR count). The summed E-state index contributed by atoms with van der Waals surface area (Å²) < 4.78 is 0. The number of non-ortho nitro benzene ring substituents is 1. The van der Waals surface area contributed by atoms with Crippen molar-refractivity contribution in [3.63, 3.8) is 0 Å². The minimum Gasteiger partial charge on any atom is -0.330 e. The summed E-state index contributed by atoms with van der Waals surface area (Å²) >= 11 is 0. The Balaban J connectivity index is 2.52. The van der Waals surface area contributed by atoms with Crippen molar-refractivity contribution in [3.05, 3.63) is 33.9 Å². The fraction of sp³-hybridized carbons (Fsp3) is 0.462. The molecule has 0 aliphatic rings. The molecule has 3 N–H and O–H groups in total.